The second-order valence-electron chi connectivity index (χ2n) is 6.58. The van der Waals surface area contributed by atoms with Gasteiger partial charge in [0.2, 0.25) is 0 Å². The summed E-state index contributed by atoms with van der Waals surface area (Å²) in [5.74, 6) is -0.458. The SMILES string of the molecule is CCCOc1ccc(NC(=S)Nc2ccc(NC(=O)c3ccccc3F)cc2)cc1Cl. The number of ether oxygens (including phenoxy) is 1. The van der Waals surface area contributed by atoms with Crippen molar-refractivity contribution in [1.82, 2.24) is 0 Å². The molecule has 0 atom stereocenters. The van der Waals surface area contributed by atoms with E-state index >= 15 is 0 Å². The average Bonchev–Trinajstić information content (AvgIpc) is 2.75. The largest absolute Gasteiger partial charge is 0.492 e. The molecular weight excluding hydrogens is 437 g/mol. The number of anilines is 3. The van der Waals surface area contributed by atoms with Crippen LogP contribution in [0.4, 0.5) is 21.5 Å². The molecule has 0 fully saturated rings. The summed E-state index contributed by atoms with van der Waals surface area (Å²) in [4.78, 5) is 12.2. The fraction of sp³-hybridized carbons (Fsp3) is 0.130. The molecule has 160 valence electrons. The fourth-order valence-corrected chi connectivity index (χ4v) is 3.15. The minimum absolute atomic E-state index is 0.0140. The molecule has 8 heteroatoms. The summed E-state index contributed by atoms with van der Waals surface area (Å²) >= 11 is 11.6. The minimum atomic E-state index is -0.570. The molecule has 5 nitrogen and oxygen atoms in total. The van der Waals surface area contributed by atoms with Crippen LogP contribution in [0.25, 0.3) is 0 Å². The molecule has 31 heavy (non-hydrogen) atoms. The van der Waals surface area contributed by atoms with Crippen molar-refractivity contribution in [3.8, 4) is 5.75 Å². The van der Waals surface area contributed by atoms with Gasteiger partial charge in [-0.15, -0.1) is 0 Å². The normalized spacial score (nSPS) is 10.3. The van der Waals surface area contributed by atoms with Gasteiger partial charge in [0, 0.05) is 17.1 Å². The Labute approximate surface area is 190 Å². The Hall–Kier alpha value is -3.16. The van der Waals surface area contributed by atoms with Crippen LogP contribution in [0.1, 0.15) is 23.7 Å². The lowest BCUT2D eigenvalue weighted by molar-refractivity contribution is 0.102. The number of hydrogen-bond acceptors (Lipinski definition) is 3. The Morgan fingerprint density at radius 1 is 0.968 bits per heavy atom. The molecule has 0 aliphatic heterocycles. The van der Waals surface area contributed by atoms with Crippen molar-refractivity contribution in [1.29, 1.82) is 0 Å². The molecule has 3 aromatic rings. The predicted octanol–water partition coefficient (Wildman–Crippen LogP) is 6.33. The number of nitrogens with one attached hydrogen (secondary N) is 3. The second kappa shape index (κ2) is 10.7. The molecule has 0 aliphatic rings. The third-order valence-electron chi connectivity index (χ3n) is 4.17. The van der Waals surface area contributed by atoms with Gasteiger partial charge in [0.15, 0.2) is 5.11 Å². The first-order valence-corrected chi connectivity index (χ1v) is 10.4. The van der Waals surface area contributed by atoms with Crippen LogP contribution in [0.15, 0.2) is 66.7 Å². The first-order chi connectivity index (χ1) is 15.0. The molecule has 0 radical (unpaired) electrons. The van der Waals surface area contributed by atoms with Crippen LogP contribution in [-0.2, 0) is 0 Å². The lowest BCUT2D eigenvalue weighted by Gasteiger charge is -2.13. The van der Waals surface area contributed by atoms with E-state index in [4.69, 9.17) is 28.6 Å². The first-order valence-electron chi connectivity index (χ1n) is 9.62. The van der Waals surface area contributed by atoms with E-state index in [1.54, 1.807) is 42.5 Å². The van der Waals surface area contributed by atoms with E-state index in [2.05, 4.69) is 16.0 Å². The van der Waals surface area contributed by atoms with Crippen LogP contribution in [0.2, 0.25) is 5.02 Å². The van der Waals surface area contributed by atoms with E-state index in [1.807, 2.05) is 13.0 Å². The smallest absolute Gasteiger partial charge is 0.258 e. The number of rotatable bonds is 7. The molecule has 1 amide bonds. The van der Waals surface area contributed by atoms with Crippen molar-refractivity contribution in [2.24, 2.45) is 0 Å². The zero-order chi connectivity index (χ0) is 22.2. The number of carbonyl (C=O) groups is 1. The third kappa shape index (κ3) is 6.41. The summed E-state index contributed by atoms with van der Waals surface area (Å²) in [5, 5.41) is 9.65. The molecule has 0 unspecified atom stereocenters. The monoisotopic (exact) mass is 457 g/mol. The standard InChI is InChI=1S/C23H21ClFN3O2S/c1-2-13-30-21-12-11-17(14-19(21)24)28-23(31)27-16-9-7-15(8-10-16)26-22(29)18-5-3-4-6-20(18)25/h3-12,14H,2,13H2,1H3,(H,26,29)(H2,27,28,31). The molecule has 0 heterocycles. The molecule has 0 aliphatic carbocycles. The van der Waals surface area contributed by atoms with Gasteiger partial charge in [0.1, 0.15) is 11.6 Å². The number of benzene rings is 3. The zero-order valence-corrected chi connectivity index (χ0v) is 18.3. The highest BCUT2D eigenvalue weighted by Gasteiger charge is 2.11. The summed E-state index contributed by atoms with van der Waals surface area (Å²) in [7, 11) is 0. The first kappa shape index (κ1) is 22.5. The topological polar surface area (TPSA) is 62.4 Å². The van der Waals surface area contributed by atoms with Crippen molar-refractivity contribution in [3.05, 3.63) is 83.1 Å². The van der Waals surface area contributed by atoms with Gasteiger partial charge < -0.3 is 20.7 Å². The van der Waals surface area contributed by atoms with Gasteiger partial charge in [-0.05, 0) is 73.2 Å². The van der Waals surface area contributed by atoms with E-state index in [-0.39, 0.29) is 5.56 Å². The van der Waals surface area contributed by atoms with Crippen molar-refractivity contribution >= 4 is 51.9 Å². The highest BCUT2D eigenvalue weighted by molar-refractivity contribution is 7.80. The van der Waals surface area contributed by atoms with Crippen LogP contribution in [0.5, 0.6) is 5.75 Å². The van der Waals surface area contributed by atoms with Crippen molar-refractivity contribution in [2.45, 2.75) is 13.3 Å². The van der Waals surface area contributed by atoms with Gasteiger partial charge in [-0.25, -0.2) is 4.39 Å². The van der Waals surface area contributed by atoms with Crippen LogP contribution >= 0.6 is 23.8 Å². The average molecular weight is 458 g/mol. The van der Waals surface area contributed by atoms with Gasteiger partial charge in [-0.2, -0.15) is 0 Å². The summed E-state index contributed by atoms with van der Waals surface area (Å²) in [6, 6.07) is 18.1. The van der Waals surface area contributed by atoms with Gasteiger partial charge in [-0.1, -0.05) is 30.7 Å². The summed E-state index contributed by atoms with van der Waals surface area (Å²) < 4.78 is 19.3. The Balaban J connectivity index is 1.56. The highest BCUT2D eigenvalue weighted by atomic mass is 35.5. The van der Waals surface area contributed by atoms with E-state index in [0.29, 0.717) is 28.2 Å². The third-order valence-corrected chi connectivity index (χ3v) is 4.67. The molecule has 0 aromatic heterocycles. The molecule has 0 spiro atoms. The number of thiocarbonyl (C=S) groups is 1. The van der Waals surface area contributed by atoms with Crippen molar-refractivity contribution < 1.29 is 13.9 Å². The number of halogens is 2. The second-order valence-corrected chi connectivity index (χ2v) is 7.40. The Bertz CT molecular complexity index is 1080. The van der Waals surface area contributed by atoms with Gasteiger partial charge in [0.05, 0.1) is 17.2 Å². The number of amides is 1. The van der Waals surface area contributed by atoms with E-state index < -0.39 is 11.7 Å². The maximum Gasteiger partial charge on any atom is 0.258 e. The quantitative estimate of drug-likeness (QED) is 0.362. The maximum absolute atomic E-state index is 13.7. The van der Waals surface area contributed by atoms with Gasteiger partial charge >= 0.3 is 0 Å². The van der Waals surface area contributed by atoms with Crippen LogP contribution in [-0.4, -0.2) is 17.6 Å². The molecular formula is C23H21ClFN3O2S. The van der Waals surface area contributed by atoms with E-state index in [9.17, 15) is 9.18 Å². The summed E-state index contributed by atoms with van der Waals surface area (Å²) in [6.07, 6.45) is 0.899. The Morgan fingerprint density at radius 3 is 2.23 bits per heavy atom. The number of hydrogen-bond donors (Lipinski definition) is 3. The predicted molar refractivity (Wildman–Crippen MR) is 128 cm³/mol. The lowest BCUT2D eigenvalue weighted by Crippen LogP contribution is -2.19. The van der Waals surface area contributed by atoms with Gasteiger partial charge in [-0.3, -0.25) is 4.79 Å². The summed E-state index contributed by atoms with van der Waals surface area (Å²) in [5.41, 5.74) is 1.96. The molecule has 3 rings (SSSR count). The Morgan fingerprint density at radius 2 is 1.58 bits per heavy atom. The molecule has 0 saturated heterocycles. The molecule has 0 bridgehead atoms. The number of carbonyl (C=O) groups excluding carboxylic acids is 1. The van der Waals surface area contributed by atoms with E-state index in [1.165, 1.54) is 18.2 Å². The van der Waals surface area contributed by atoms with Gasteiger partial charge in [0.25, 0.3) is 5.91 Å². The van der Waals surface area contributed by atoms with Crippen LogP contribution in [0, 0.1) is 5.82 Å². The molecule has 3 N–H and O–H groups in total. The van der Waals surface area contributed by atoms with Crippen molar-refractivity contribution in [2.75, 3.05) is 22.6 Å². The zero-order valence-electron chi connectivity index (χ0n) is 16.7. The molecule has 0 saturated carbocycles. The van der Waals surface area contributed by atoms with E-state index in [0.717, 1.165) is 17.8 Å². The van der Waals surface area contributed by atoms with Crippen LogP contribution in [0.3, 0.4) is 0 Å². The fourth-order valence-electron chi connectivity index (χ4n) is 2.68. The summed E-state index contributed by atoms with van der Waals surface area (Å²) in [6.45, 7) is 2.63. The van der Waals surface area contributed by atoms with Crippen molar-refractivity contribution in [3.63, 3.8) is 0 Å². The maximum atomic E-state index is 13.7. The highest BCUT2D eigenvalue weighted by Crippen LogP contribution is 2.28. The Kier molecular flexibility index (Phi) is 7.81. The van der Waals surface area contributed by atoms with Crippen LogP contribution < -0.4 is 20.7 Å². The molecule has 3 aromatic carbocycles. The minimum Gasteiger partial charge on any atom is -0.492 e. The lowest BCUT2D eigenvalue weighted by atomic mass is 10.2.